The number of hydrogen-bond acceptors (Lipinski definition) is 7. The molecule has 9 nitrogen and oxygen atoms in total. The van der Waals surface area contributed by atoms with Gasteiger partial charge in [0.2, 0.25) is 5.88 Å². The molecule has 0 spiro atoms. The van der Waals surface area contributed by atoms with Crippen LogP contribution in [0.2, 0.25) is 0 Å². The van der Waals surface area contributed by atoms with Gasteiger partial charge in [-0.3, -0.25) is 4.79 Å². The normalized spacial score (nSPS) is 11.0. The molecule has 0 unspecified atom stereocenters. The molecule has 1 amide bonds. The number of pyridine rings is 2. The molecule has 12 heteroatoms. The number of benzene rings is 2. The van der Waals surface area contributed by atoms with E-state index in [9.17, 15) is 23.1 Å². The van der Waals surface area contributed by atoms with Crippen LogP contribution in [0.15, 0.2) is 60.9 Å². The average molecular weight is 578 g/mol. The van der Waals surface area contributed by atoms with Gasteiger partial charge in [0.05, 0.1) is 54.2 Å². The Morgan fingerprint density at radius 3 is 2.45 bits per heavy atom. The summed E-state index contributed by atoms with van der Waals surface area (Å²) < 4.78 is 56.6. The van der Waals surface area contributed by atoms with E-state index >= 15 is 0 Å². The number of fused-ring (bicyclic) bond motifs is 1. The van der Waals surface area contributed by atoms with E-state index in [4.69, 9.17) is 9.47 Å². The first kappa shape index (κ1) is 28.3. The van der Waals surface area contributed by atoms with E-state index in [0.29, 0.717) is 23.6 Å². The van der Waals surface area contributed by atoms with Crippen molar-refractivity contribution in [1.82, 2.24) is 19.9 Å². The molecule has 0 aliphatic carbocycles. The SMILES string of the molecule is CCNC(=O)c1cnc(Nc2cc(-c3c(F)cccc3F)nc3cn(Cc4ccc(OC)cc4OC)c(O)c23)cc1F. The van der Waals surface area contributed by atoms with E-state index in [2.05, 4.69) is 20.6 Å². The largest absolute Gasteiger partial charge is 0.497 e. The molecule has 3 N–H and O–H groups in total. The quantitative estimate of drug-likeness (QED) is 0.204. The lowest BCUT2D eigenvalue weighted by molar-refractivity contribution is 0.0951. The van der Waals surface area contributed by atoms with Gasteiger partial charge in [-0.05, 0) is 37.3 Å². The predicted octanol–water partition coefficient (Wildman–Crippen LogP) is 5.78. The maximum absolute atomic E-state index is 14.8. The Bertz CT molecular complexity index is 1790. The highest BCUT2D eigenvalue weighted by atomic mass is 19.1. The number of aromatic hydroxyl groups is 1. The molecule has 0 bridgehead atoms. The second-order valence-electron chi connectivity index (χ2n) is 9.20. The summed E-state index contributed by atoms with van der Waals surface area (Å²) in [5.41, 5.74) is 0.346. The van der Waals surface area contributed by atoms with Crippen molar-refractivity contribution in [3.05, 3.63) is 89.5 Å². The number of ether oxygens (including phenoxy) is 2. The minimum absolute atomic E-state index is 0.0167. The number of amides is 1. The zero-order valence-electron chi connectivity index (χ0n) is 22.8. The predicted molar refractivity (Wildman–Crippen MR) is 151 cm³/mol. The maximum atomic E-state index is 14.8. The number of halogens is 3. The third-order valence-corrected chi connectivity index (χ3v) is 6.57. The second-order valence-corrected chi connectivity index (χ2v) is 9.20. The molecule has 0 aliphatic rings. The first-order valence-corrected chi connectivity index (χ1v) is 12.8. The maximum Gasteiger partial charge on any atom is 0.255 e. The molecule has 3 heterocycles. The zero-order chi connectivity index (χ0) is 30.0. The molecule has 0 aliphatic heterocycles. The molecule has 0 saturated carbocycles. The summed E-state index contributed by atoms with van der Waals surface area (Å²) >= 11 is 0. The summed E-state index contributed by atoms with van der Waals surface area (Å²) in [6, 6.07) is 11.0. The number of methoxy groups -OCH3 is 2. The fourth-order valence-electron chi connectivity index (χ4n) is 4.56. The van der Waals surface area contributed by atoms with E-state index in [1.54, 1.807) is 25.1 Å². The van der Waals surface area contributed by atoms with Crippen molar-refractivity contribution in [2.24, 2.45) is 0 Å². The summed E-state index contributed by atoms with van der Waals surface area (Å²) in [5.74, 6) is -2.28. The molecule has 0 radical (unpaired) electrons. The first-order chi connectivity index (χ1) is 20.2. The Hall–Kier alpha value is -5.26. The number of aromatic nitrogens is 3. The third-order valence-electron chi connectivity index (χ3n) is 6.57. The molecule has 3 aromatic heterocycles. The van der Waals surface area contributed by atoms with Gasteiger partial charge in [-0.2, -0.15) is 0 Å². The molecule has 5 rings (SSSR count). The lowest BCUT2D eigenvalue weighted by atomic mass is 10.1. The summed E-state index contributed by atoms with van der Waals surface area (Å²) in [4.78, 5) is 20.7. The van der Waals surface area contributed by atoms with Crippen molar-refractivity contribution < 1.29 is 32.5 Å². The van der Waals surface area contributed by atoms with Crippen LogP contribution in [0.5, 0.6) is 17.4 Å². The van der Waals surface area contributed by atoms with Crippen LogP contribution in [0, 0.1) is 17.5 Å². The van der Waals surface area contributed by atoms with Gasteiger partial charge >= 0.3 is 0 Å². The van der Waals surface area contributed by atoms with Crippen LogP contribution >= 0.6 is 0 Å². The number of hydrogen-bond donors (Lipinski definition) is 3. The van der Waals surface area contributed by atoms with Gasteiger partial charge in [-0.1, -0.05) is 6.07 Å². The summed E-state index contributed by atoms with van der Waals surface area (Å²) in [5, 5.41) is 16.9. The van der Waals surface area contributed by atoms with Gasteiger partial charge in [-0.15, -0.1) is 0 Å². The van der Waals surface area contributed by atoms with Crippen LogP contribution in [0.1, 0.15) is 22.8 Å². The van der Waals surface area contributed by atoms with Gasteiger partial charge < -0.3 is 29.8 Å². The van der Waals surface area contributed by atoms with Gasteiger partial charge in [0, 0.05) is 36.6 Å². The molecular formula is C30H26F3N5O4. The summed E-state index contributed by atoms with van der Waals surface area (Å²) in [6.07, 6.45) is 2.59. The Balaban J connectivity index is 1.64. The third kappa shape index (κ3) is 5.38. The monoisotopic (exact) mass is 577 g/mol. The highest BCUT2D eigenvalue weighted by Crippen LogP contribution is 2.39. The smallest absolute Gasteiger partial charge is 0.255 e. The van der Waals surface area contributed by atoms with E-state index in [1.807, 2.05) is 0 Å². The standard InChI is InChI=1S/C30H26F3N5O4/c1-4-34-29(39)18-13-35-26(11-21(18)33)37-23-12-22(27-19(31)6-5-7-20(27)32)36-24-15-38(30(40)28(23)24)14-16-8-9-17(41-2)10-25(16)42-3/h5-13,15,40H,4,14H2,1-3H3,(H,34,39)(H,35,37). The van der Waals surface area contributed by atoms with Crippen molar-refractivity contribution in [2.75, 3.05) is 26.1 Å². The number of carbonyl (C=O) groups excluding carboxylic acids is 1. The minimum atomic E-state index is -0.838. The van der Waals surface area contributed by atoms with Crippen molar-refractivity contribution in [3.63, 3.8) is 0 Å². The summed E-state index contributed by atoms with van der Waals surface area (Å²) in [7, 11) is 3.04. The van der Waals surface area contributed by atoms with Crippen molar-refractivity contribution in [3.8, 4) is 28.6 Å². The number of nitrogens with zero attached hydrogens (tertiary/aromatic N) is 3. The molecule has 216 valence electrons. The summed E-state index contributed by atoms with van der Waals surface area (Å²) in [6.45, 7) is 2.15. The highest BCUT2D eigenvalue weighted by molar-refractivity contribution is 5.99. The van der Waals surface area contributed by atoms with Crippen LogP contribution in [0.4, 0.5) is 24.7 Å². The topological polar surface area (TPSA) is 111 Å². The Morgan fingerprint density at radius 2 is 1.79 bits per heavy atom. The number of carbonyl (C=O) groups is 1. The number of rotatable bonds is 9. The van der Waals surface area contributed by atoms with Crippen LogP contribution in [0.3, 0.4) is 0 Å². The van der Waals surface area contributed by atoms with Gasteiger partial charge in [0.1, 0.15) is 34.8 Å². The van der Waals surface area contributed by atoms with Crippen LogP contribution in [-0.2, 0) is 6.54 Å². The number of nitrogens with one attached hydrogen (secondary N) is 2. The van der Waals surface area contributed by atoms with Gasteiger partial charge in [0.25, 0.3) is 5.91 Å². The van der Waals surface area contributed by atoms with Gasteiger partial charge in [0.15, 0.2) is 0 Å². The molecular weight excluding hydrogens is 551 g/mol. The molecule has 0 fully saturated rings. The van der Waals surface area contributed by atoms with Gasteiger partial charge in [-0.25, -0.2) is 23.1 Å². The molecule has 0 saturated heterocycles. The second kappa shape index (κ2) is 11.7. The first-order valence-electron chi connectivity index (χ1n) is 12.8. The fraction of sp³-hybridized carbons (Fsp3) is 0.167. The fourth-order valence-corrected chi connectivity index (χ4v) is 4.56. The van der Waals surface area contributed by atoms with Crippen molar-refractivity contribution in [1.29, 1.82) is 0 Å². The van der Waals surface area contributed by atoms with Crippen LogP contribution in [0.25, 0.3) is 22.2 Å². The molecule has 42 heavy (non-hydrogen) atoms. The highest BCUT2D eigenvalue weighted by Gasteiger charge is 2.21. The van der Waals surface area contributed by atoms with E-state index < -0.39 is 23.4 Å². The lowest BCUT2D eigenvalue weighted by Crippen LogP contribution is -2.24. The number of anilines is 2. The lowest BCUT2D eigenvalue weighted by Gasteiger charge is -2.13. The van der Waals surface area contributed by atoms with Crippen molar-refractivity contribution in [2.45, 2.75) is 13.5 Å². The minimum Gasteiger partial charge on any atom is -0.497 e. The van der Waals surface area contributed by atoms with E-state index in [-0.39, 0.29) is 51.7 Å². The molecule has 5 aromatic rings. The zero-order valence-corrected chi connectivity index (χ0v) is 22.8. The van der Waals surface area contributed by atoms with Crippen LogP contribution in [-0.4, -0.2) is 46.3 Å². The Labute approximate surface area is 238 Å². The average Bonchev–Trinajstić information content (AvgIpc) is 3.28. The van der Waals surface area contributed by atoms with E-state index in [0.717, 1.165) is 24.4 Å². The van der Waals surface area contributed by atoms with Crippen molar-refractivity contribution >= 4 is 28.3 Å². The van der Waals surface area contributed by atoms with E-state index in [1.165, 1.54) is 37.1 Å². The van der Waals surface area contributed by atoms with Crippen LogP contribution < -0.4 is 20.1 Å². The molecule has 2 aromatic carbocycles. The molecule has 0 atom stereocenters. The Kier molecular flexibility index (Phi) is 7.87. The Morgan fingerprint density at radius 1 is 1.02 bits per heavy atom.